The predicted molar refractivity (Wildman–Crippen MR) is 132 cm³/mol. The monoisotopic (exact) mass is 470 g/mol. The van der Waals surface area contributed by atoms with E-state index in [1.165, 1.54) is 17.8 Å². The van der Waals surface area contributed by atoms with E-state index in [9.17, 15) is 14.7 Å². The molecule has 7 nitrogen and oxygen atoms in total. The Bertz CT molecular complexity index is 1310. The van der Waals surface area contributed by atoms with Gasteiger partial charge in [0, 0.05) is 49.9 Å². The second kappa shape index (κ2) is 9.63. The van der Waals surface area contributed by atoms with Crippen molar-refractivity contribution in [1.29, 1.82) is 5.26 Å². The maximum atomic E-state index is 12.9. The van der Waals surface area contributed by atoms with Gasteiger partial charge >= 0.3 is 0 Å². The van der Waals surface area contributed by atoms with E-state index in [0.29, 0.717) is 30.3 Å². The van der Waals surface area contributed by atoms with Gasteiger partial charge in [-0.15, -0.1) is 0 Å². The van der Waals surface area contributed by atoms with Crippen molar-refractivity contribution >= 4 is 22.6 Å². The fourth-order valence-corrected chi connectivity index (χ4v) is 5.71. The van der Waals surface area contributed by atoms with Crippen LogP contribution < -0.4 is 0 Å². The van der Waals surface area contributed by atoms with E-state index in [2.05, 4.69) is 33.9 Å². The quantitative estimate of drug-likeness (QED) is 0.573. The van der Waals surface area contributed by atoms with Crippen LogP contribution in [0.1, 0.15) is 65.2 Å². The topological polar surface area (TPSA) is 99.2 Å². The molecule has 35 heavy (non-hydrogen) atoms. The van der Waals surface area contributed by atoms with Crippen LogP contribution in [-0.2, 0) is 18.3 Å². The van der Waals surface area contributed by atoms with Crippen LogP contribution in [0, 0.1) is 17.2 Å². The summed E-state index contributed by atoms with van der Waals surface area (Å²) in [5.74, 6) is 0.116. The fraction of sp³-hybridized carbons (Fsp3) is 0.429. The Kier molecular flexibility index (Phi) is 6.40. The number of nitrogens with zero attached hydrogens (tertiary/aromatic N) is 4. The number of fused-ring (bicyclic) bond motifs is 1. The molecule has 3 heterocycles. The summed E-state index contributed by atoms with van der Waals surface area (Å²) in [6, 6.07) is 11.3. The zero-order valence-corrected chi connectivity index (χ0v) is 20.0. The molecule has 0 unspecified atom stereocenters. The minimum Gasteiger partial charge on any atom is -0.392 e. The average molecular weight is 471 g/mol. The summed E-state index contributed by atoms with van der Waals surface area (Å²) >= 11 is 0. The lowest BCUT2D eigenvalue weighted by Gasteiger charge is -2.34. The van der Waals surface area contributed by atoms with E-state index in [-0.39, 0.29) is 24.0 Å². The number of Topliss-reactive ketones (excluding diaryl/α,β-unsaturated/α-hetero) is 1. The van der Waals surface area contributed by atoms with Gasteiger partial charge in [0.2, 0.25) is 5.91 Å². The van der Waals surface area contributed by atoms with E-state index in [1.54, 1.807) is 6.07 Å². The van der Waals surface area contributed by atoms with Crippen molar-refractivity contribution in [2.24, 2.45) is 13.0 Å². The van der Waals surface area contributed by atoms with Crippen molar-refractivity contribution < 1.29 is 14.7 Å². The number of carbonyl (C=O) groups is 2. The lowest BCUT2D eigenvalue weighted by atomic mass is 9.88. The van der Waals surface area contributed by atoms with Crippen molar-refractivity contribution in [2.75, 3.05) is 13.1 Å². The second-order valence-electron chi connectivity index (χ2n) is 9.89. The molecule has 1 saturated carbocycles. The Labute approximate surface area is 205 Å². The molecule has 0 spiro atoms. The third kappa shape index (κ3) is 4.59. The highest BCUT2D eigenvalue weighted by Gasteiger charge is 2.36. The van der Waals surface area contributed by atoms with Gasteiger partial charge in [0.25, 0.3) is 0 Å². The third-order valence-electron chi connectivity index (χ3n) is 7.67. The molecule has 0 bridgehead atoms. The summed E-state index contributed by atoms with van der Waals surface area (Å²) in [4.78, 5) is 31.8. The molecule has 2 aromatic heterocycles. The zero-order chi connectivity index (χ0) is 24.5. The number of pyridine rings is 1. The summed E-state index contributed by atoms with van der Waals surface area (Å²) in [6.45, 7) is 1.42. The van der Waals surface area contributed by atoms with Crippen LogP contribution in [-0.4, -0.2) is 50.4 Å². The fourth-order valence-electron chi connectivity index (χ4n) is 5.71. The number of carbonyl (C=O) groups excluding carboxylic acids is 2. The molecule has 1 aliphatic carbocycles. The van der Waals surface area contributed by atoms with Crippen LogP contribution in [0.25, 0.3) is 10.9 Å². The van der Waals surface area contributed by atoms with Crippen molar-refractivity contribution in [2.45, 2.75) is 50.5 Å². The molecule has 1 N–H and O–H groups in total. The first kappa shape index (κ1) is 23.3. The summed E-state index contributed by atoms with van der Waals surface area (Å²) in [5, 5.41) is 20.4. The summed E-state index contributed by atoms with van der Waals surface area (Å²) in [7, 11) is 2.04. The molecule has 2 atom stereocenters. The van der Waals surface area contributed by atoms with Gasteiger partial charge in [-0.05, 0) is 73.4 Å². The van der Waals surface area contributed by atoms with Gasteiger partial charge in [-0.2, -0.15) is 5.26 Å². The molecular weight excluding hydrogens is 440 g/mol. The zero-order valence-electron chi connectivity index (χ0n) is 20.0. The molecule has 180 valence electrons. The molecule has 1 amide bonds. The first-order chi connectivity index (χ1) is 16.9. The number of piperidine rings is 1. The normalized spacial score (nSPS) is 20.8. The molecule has 1 aromatic carbocycles. The number of nitriles is 1. The lowest BCUT2D eigenvalue weighted by Crippen LogP contribution is -2.43. The van der Waals surface area contributed by atoms with Crippen molar-refractivity contribution in [1.82, 2.24) is 14.5 Å². The molecule has 1 saturated heterocycles. The molecule has 3 aromatic rings. The maximum absolute atomic E-state index is 12.9. The molecule has 7 heteroatoms. The van der Waals surface area contributed by atoms with E-state index < -0.39 is 6.10 Å². The predicted octanol–water partition coefficient (Wildman–Crippen LogP) is 3.74. The van der Waals surface area contributed by atoms with Crippen molar-refractivity contribution in [3.63, 3.8) is 0 Å². The van der Waals surface area contributed by atoms with Crippen molar-refractivity contribution in [3.8, 4) is 6.07 Å². The Hall–Kier alpha value is -3.50. The molecule has 0 radical (unpaired) electrons. The molecule has 2 fully saturated rings. The Morgan fingerprint density at radius 2 is 1.94 bits per heavy atom. The van der Waals surface area contributed by atoms with Gasteiger partial charge in [0.15, 0.2) is 5.78 Å². The summed E-state index contributed by atoms with van der Waals surface area (Å²) in [5.41, 5.74) is 4.03. The number of benzene rings is 1. The van der Waals surface area contributed by atoms with Gasteiger partial charge in [0.1, 0.15) is 5.69 Å². The number of hydrogen-bond acceptors (Lipinski definition) is 5. The van der Waals surface area contributed by atoms with E-state index >= 15 is 0 Å². The average Bonchev–Trinajstić information content (AvgIpc) is 3.46. The van der Waals surface area contributed by atoms with Gasteiger partial charge in [-0.1, -0.05) is 6.07 Å². The number of rotatable bonds is 5. The van der Waals surface area contributed by atoms with Gasteiger partial charge in [-0.3, -0.25) is 14.6 Å². The minimum absolute atomic E-state index is 0.111. The first-order valence-electron chi connectivity index (χ1n) is 12.4. The highest BCUT2D eigenvalue weighted by Crippen LogP contribution is 2.36. The Balaban J connectivity index is 1.32. The number of hydrogen-bond donors (Lipinski definition) is 1. The molecule has 1 aliphatic heterocycles. The van der Waals surface area contributed by atoms with Crippen LogP contribution in [0.3, 0.4) is 0 Å². The third-order valence-corrected chi connectivity index (χ3v) is 7.67. The van der Waals surface area contributed by atoms with Crippen LogP contribution in [0.4, 0.5) is 0 Å². The number of likely N-dealkylation sites (tertiary alicyclic amines) is 1. The van der Waals surface area contributed by atoms with Crippen LogP contribution >= 0.6 is 0 Å². The molecule has 2 aliphatic rings. The smallest absolute Gasteiger partial charge is 0.228 e. The highest BCUT2D eigenvalue weighted by atomic mass is 16.3. The van der Waals surface area contributed by atoms with Crippen LogP contribution in [0.2, 0.25) is 0 Å². The minimum atomic E-state index is -0.489. The van der Waals surface area contributed by atoms with Crippen LogP contribution in [0.15, 0.2) is 42.7 Å². The molecular formula is C28H30N4O3. The van der Waals surface area contributed by atoms with Gasteiger partial charge in [-0.25, -0.2) is 0 Å². The van der Waals surface area contributed by atoms with E-state index in [0.717, 1.165) is 48.6 Å². The summed E-state index contributed by atoms with van der Waals surface area (Å²) < 4.78 is 2.13. The molecule has 5 rings (SSSR count). The number of ketones is 1. The van der Waals surface area contributed by atoms with E-state index in [4.69, 9.17) is 5.26 Å². The van der Waals surface area contributed by atoms with Crippen LogP contribution in [0.5, 0.6) is 0 Å². The van der Waals surface area contributed by atoms with E-state index in [1.807, 2.05) is 18.0 Å². The highest BCUT2D eigenvalue weighted by molar-refractivity contribution is 5.97. The number of amides is 1. The number of aryl methyl sites for hydroxylation is 1. The second-order valence-corrected chi connectivity index (χ2v) is 9.89. The summed E-state index contributed by atoms with van der Waals surface area (Å²) in [6.07, 6.45) is 7.64. The van der Waals surface area contributed by atoms with Gasteiger partial charge < -0.3 is 14.6 Å². The number of aliphatic hydroxyl groups is 1. The SMILES string of the molecule is Cn1cc(C2CCN(C(=O)[C@H]3CCC[C@H]3O)CC2)c2cc(CC(=O)c3cc(C#N)ccn3)ccc21. The van der Waals surface area contributed by atoms with Crippen molar-refractivity contribution in [3.05, 3.63) is 65.1 Å². The largest absolute Gasteiger partial charge is 0.392 e. The first-order valence-corrected chi connectivity index (χ1v) is 12.4. The maximum Gasteiger partial charge on any atom is 0.228 e. The number of aliphatic hydroxyl groups excluding tert-OH is 1. The van der Waals surface area contributed by atoms with Gasteiger partial charge in [0.05, 0.1) is 23.7 Å². The Morgan fingerprint density at radius 3 is 2.66 bits per heavy atom. The lowest BCUT2D eigenvalue weighted by molar-refractivity contribution is -0.139. The number of aromatic nitrogens is 2. The standard InChI is InChI=1S/C28H30N4O3/c1-31-17-23(20-8-11-32(12-9-20)28(35)21-3-2-4-26(21)33)22-13-18(5-6-25(22)31)15-27(34)24-14-19(16-29)7-10-30-24/h5-7,10,13-14,17,20-21,26,33H,2-4,8-9,11-12,15H2,1H3/t21-,26+/m0/s1. The Morgan fingerprint density at radius 1 is 1.14 bits per heavy atom.